The van der Waals surface area contributed by atoms with E-state index in [1.54, 1.807) is 6.20 Å². The average molecular weight is 291 g/mol. The van der Waals surface area contributed by atoms with Gasteiger partial charge in [0.05, 0.1) is 23.9 Å². The van der Waals surface area contributed by atoms with Crippen molar-refractivity contribution in [1.29, 1.82) is 0 Å². The van der Waals surface area contributed by atoms with Gasteiger partial charge in [-0.2, -0.15) is 0 Å². The fraction of sp³-hybridized carbons (Fsp3) is 0.500. The van der Waals surface area contributed by atoms with E-state index in [4.69, 9.17) is 0 Å². The van der Waals surface area contributed by atoms with E-state index in [0.29, 0.717) is 29.0 Å². The Morgan fingerprint density at radius 2 is 2.30 bits per heavy atom. The standard InChI is InChI=1S/C14H17N3O2S/c1-8(2)5-10-12(14(18)19)20-13(16-10)11-6-15-7-17(11)9-3-4-9/h6-9H,3-5H2,1-2H3,(H,18,19). The molecule has 1 aliphatic rings. The quantitative estimate of drug-likeness (QED) is 0.918. The molecule has 0 amide bonds. The van der Waals surface area contributed by atoms with Crippen LogP contribution in [0.1, 0.15) is 48.1 Å². The summed E-state index contributed by atoms with van der Waals surface area (Å²) in [6.07, 6.45) is 6.62. The molecular weight excluding hydrogens is 274 g/mol. The summed E-state index contributed by atoms with van der Waals surface area (Å²) in [4.78, 5) is 20.5. The first-order valence-corrected chi connectivity index (χ1v) is 7.63. The van der Waals surface area contributed by atoms with Gasteiger partial charge in [-0.15, -0.1) is 11.3 Å². The van der Waals surface area contributed by atoms with Crippen LogP contribution in [-0.4, -0.2) is 25.6 Å². The van der Waals surface area contributed by atoms with Crippen molar-refractivity contribution in [2.75, 3.05) is 0 Å². The van der Waals surface area contributed by atoms with Gasteiger partial charge < -0.3 is 9.67 Å². The van der Waals surface area contributed by atoms with Crippen molar-refractivity contribution in [3.8, 4) is 10.7 Å². The summed E-state index contributed by atoms with van der Waals surface area (Å²) < 4.78 is 2.11. The van der Waals surface area contributed by atoms with Crippen molar-refractivity contribution in [2.45, 2.75) is 39.2 Å². The Bertz CT molecular complexity index is 641. The second kappa shape index (κ2) is 5.01. The monoisotopic (exact) mass is 291 g/mol. The Morgan fingerprint density at radius 3 is 2.90 bits per heavy atom. The Kier molecular flexibility index (Phi) is 3.33. The lowest BCUT2D eigenvalue weighted by molar-refractivity contribution is 0.0700. The minimum absolute atomic E-state index is 0.359. The summed E-state index contributed by atoms with van der Waals surface area (Å²) in [5.74, 6) is -0.502. The third kappa shape index (κ3) is 2.47. The molecule has 0 aliphatic heterocycles. The molecule has 0 radical (unpaired) electrons. The van der Waals surface area contributed by atoms with Crippen LogP contribution in [0.3, 0.4) is 0 Å². The van der Waals surface area contributed by atoms with E-state index >= 15 is 0 Å². The Hall–Kier alpha value is -1.69. The molecule has 5 nitrogen and oxygen atoms in total. The van der Waals surface area contributed by atoms with Crippen LogP contribution in [-0.2, 0) is 6.42 Å². The Balaban J connectivity index is 2.01. The van der Waals surface area contributed by atoms with Crippen molar-refractivity contribution in [1.82, 2.24) is 14.5 Å². The molecule has 2 aromatic rings. The highest BCUT2D eigenvalue weighted by Crippen LogP contribution is 2.39. The number of imidazole rings is 1. The number of carboxylic acids is 1. The van der Waals surface area contributed by atoms with E-state index in [9.17, 15) is 9.90 Å². The molecule has 1 aliphatic carbocycles. The third-order valence-corrected chi connectivity index (χ3v) is 4.43. The SMILES string of the molecule is CC(C)Cc1nc(-c2cncn2C2CC2)sc1C(=O)O. The zero-order valence-electron chi connectivity index (χ0n) is 11.5. The first-order valence-electron chi connectivity index (χ1n) is 6.81. The van der Waals surface area contributed by atoms with Gasteiger partial charge in [0.1, 0.15) is 9.88 Å². The third-order valence-electron chi connectivity index (χ3n) is 3.32. The van der Waals surface area contributed by atoms with Gasteiger partial charge in [0.15, 0.2) is 0 Å². The summed E-state index contributed by atoms with van der Waals surface area (Å²) in [7, 11) is 0. The molecule has 0 unspecified atom stereocenters. The maximum Gasteiger partial charge on any atom is 0.347 e. The molecule has 1 saturated carbocycles. The number of thiazole rings is 1. The van der Waals surface area contributed by atoms with Gasteiger partial charge in [0, 0.05) is 6.04 Å². The first kappa shape index (κ1) is 13.3. The highest BCUT2D eigenvalue weighted by Gasteiger charge is 2.27. The topological polar surface area (TPSA) is 68.0 Å². The Morgan fingerprint density at radius 1 is 1.55 bits per heavy atom. The molecule has 2 heterocycles. The van der Waals surface area contributed by atoms with E-state index in [2.05, 4.69) is 28.4 Å². The number of nitrogens with zero attached hydrogens (tertiary/aromatic N) is 3. The predicted molar refractivity (Wildman–Crippen MR) is 77.1 cm³/mol. The van der Waals surface area contributed by atoms with Crippen LogP contribution in [0.15, 0.2) is 12.5 Å². The normalized spacial score (nSPS) is 14.9. The lowest BCUT2D eigenvalue weighted by Gasteiger charge is -2.03. The second-order valence-electron chi connectivity index (χ2n) is 5.62. The molecule has 0 bridgehead atoms. The molecular formula is C14H17N3O2S. The van der Waals surface area contributed by atoms with Crippen LogP contribution >= 0.6 is 11.3 Å². The van der Waals surface area contributed by atoms with Gasteiger partial charge in [-0.25, -0.2) is 14.8 Å². The number of aromatic nitrogens is 3. The molecule has 20 heavy (non-hydrogen) atoms. The van der Waals surface area contributed by atoms with Crippen molar-refractivity contribution >= 4 is 17.3 Å². The summed E-state index contributed by atoms with van der Waals surface area (Å²) in [5.41, 5.74) is 1.63. The van der Waals surface area contributed by atoms with Gasteiger partial charge in [-0.1, -0.05) is 13.8 Å². The summed E-state index contributed by atoms with van der Waals surface area (Å²) in [5, 5.41) is 10.1. The molecule has 1 fully saturated rings. The molecule has 3 rings (SSSR count). The van der Waals surface area contributed by atoms with E-state index in [1.165, 1.54) is 24.2 Å². The molecule has 2 aromatic heterocycles. The van der Waals surface area contributed by atoms with Crippen LogP contribution < -0.4 is 0 Å². The number of aromatic carboxylic acids is 1. The minimum Gasteiger partial charge on any atom is -0.477 e. The molecule has 106 valence electrons. The Labute approximate surface area is 121 Å². The van der Waals surface area contributed by atoms with Gasteiger partial charge in [-0.3, -0.25) is 0 Å². The van der Waals surface area contributed by atoms with Crippen LogP contribution in [0.2, 0.25) is 0 Å². The molecule has 6 heteroatoms. The fourth-order valence-electron chi connectivity index (χ4n) is 2.27. The van der Waals surface area contributed by atoms with Crippen molar-refractivity contribution in [3.63, 3.8) is 0 Å². The van der Waals surface area contributed by atoms with Crippen LogP contribution in [0, 0.1) is 5.92 Å². The molecule has 0 atom stereocenters. The van der Waals surface area contributed by atoms with Gasteiger partial charge in [0.25, 0.3) is 0 Å². The molecule has 1 N–H and O–H groups in total. The number of carboxylic acid groups (broad SMARTS) is 1. The second-order valence-corrected chi connectivity index (χ2v) is 6.61. The number of hydrogen-bond acceptors (Lipinski definition) is 4. The highest BCUT2D eigenvalue weighted by molar-refractivity contribution is 7.17. The van der Waals surface area contributed by atoms with E-state index in [-0.39, 0.29) is 0 Å². The van der Waals surface area contributed by atoms with E-state index in [0.717, 1.165) is 10.7 Å². The summed E-state index contributed by atoms with van der Waals surface area (Å²) in [6, 6.07) is 0.512. The first-order chi connectivity index (χ1) is 9.56. The number of carbonyl (C=O) groups is 1. The lowest BCUT2D eigenvalue weighted by atomic mass is 10.1. The molecule has 0 spiro atoms. The van der Waals surface area contributed by atoms with Gasteiger partial charge in [0.2, 0.25) is 0 Å². The highest BCUT2D eigenvalue weighted by atomic mass is 32.1. The smallest absolute Gasteiger partial charge is 0.347 e. The summed E-state index contributed by atoms with van der Waals surface area (Å²) in [6.45, 7) is 4.14. The number of rotatable bonds is 5. The average Bonchev–Trinajstić information content (AvgIpc) is 2.95. The van der Waals surface area contributed by atoms with E-state index < -0.39 is 5.97 Å². The lowest BCUT2D eigenvalue weighted by Crippen LogP contribution is -2.02. The molecule has 0 saturated heterocycles. The zero-order chi connectivity index (χ0) is 14.3. The zero-order valence-corrected chi connectivity index (χ0v) is 12.4. The van der Waals surface area contributed by atoms with Crippen LogP contribution in [0.4, 0.5) is 0 Å². The van der Waals surface area contributed by atoms with Gasteiger partial charge >= 0.3 is 5.97 Å². The van der Waals surface area contributed by atoms with Crippen molar-refractivity contribution < 1.29 is 9.90 Å². The largest absolute Gasteiger partial charge is 0.477 e. The molecule has 0 aromatic carbocycles. The predicted octanol–water partition coefficient (Wildman–Crippen LogP) is 3.24. The maximum absolute atomic E-state index is 11.4. The van der Waals surface area contributed by atoms with E-state index in [1.807, 2.05) is 6.33 Å². The number of hydrogen-bond donors (Lipinski definition) is 1. The van der Waals surface area contributed by atoms with Crippen LogP contribution in [0.25, 0.3) is 10.7 Å². The minimum atomic E-state index is -0.887. The summed E-state index contributed by atoms with van der Waals surface area (Å²) >= 11 is 1.26. The van der Waals surface area contributed by atoms with Crippen molar-refractivity contribution in [3.05, 3.63) is 23.1 Å². The maximum atomic E-state index is 11.4. The van der Waals surface area contributed by atoms with Crippen molar-refractivity contribution in [2.24, 2.45) is 5.92 Å². The fourth-order valence-corrected chi connectivity index (χ4v) is 3.21. The van der Waals surface area contributed by atoms with Crippen LogP contribution in [0.5, 0.6) is 0 Å². The van der Waals surface area contributed by atoms with Gasteiger partial charge in [-0.05, 0) is 25.2 Å².